The monoisotopic (exact) mass is 506 g/mol. The molecule has 6 heteroatoms. The molecule has 0 N–H and O–H groups in total. The zero-order chi connectivity index (χ0) is 25.4. The molecular weight excluding hydrogens is 468 g/mol. The lowest BCUT2D eigenvalue weighted by Crippen LogP contribution is -2.06. The van der Waals surface area contributed by atoms with Gasteiger partial charge in [0.15, 0.2) is 0 Å². The molecule has 0 spiro atoms. The van der Waals surface area contributed by atoms with Crippen LogP contribution in [0.1, 0.15) is 51.5 Å². The predicted octanol–water partition coefficient (Wildman–Crippen LogP) is 8.97. The highest BCUT2D eigenvalue weighted by molar-refractivity contribution is 7.80. The number of thiol groups is 1. The molecule has 192 valence electrons. The van der Waals surface area contributed by atoms with Gasteiger partial charge in [-0.3, -0.25) is 0 Å². The Labute approximate surface area is 221 Å². The number of unbranched alkanes of at least 4 members (excludes halogenated alkanes) is 3. The first-order valence-corrected chi connectivity index (χ1v) is 13.5. The highest BCUT2D eigenvalue weighted by Gasteiger charge is 2.02. The summed E-state index contributed by atoms with van der Waals surface area (Å²) in [6.45, 7) is 6.32. The summed E-state index contributed by atoms with van der Waals surface area (Å²) >= 11 is 4.24. The van der Waals surface area contributed by atoms with Crippen LogP contribution in [0.3, 0.4) is 0 Å². The van der Waals surface area contributed by atoms with Crippen LogP contribution >= 0.6 is 12.6 Å². The Bertz CT molecular complexity index is 1020. The van der Waals surface area contributed by atoms with Gasteiger partial charge in [0, 0.05) is 0 Å². The van der Waals surface area contributed by atoms with Gasteiger partial charge in [-0.25, -0.2) is 0 Å². The van der Waals surface area contributed by atoms with E-state index >= 15 is 0 Å². The van der Waals surface area contributed by atoms with E-state index in [-0.39, 0.29) is 0 Å². The average molecular weight is 507 g/mol. The second-order valence-corrected chi connectivity index (χ2v) is 9.38. The summed E-state index contributed by atoms with van der Waals surface area (Å²) in [4.78, 5) is 0. The minimum Gasteiger partial charge on any atom is -0.494 e. The molecule has 0 radical (unpaired) electrons. The summed E-state index contributed by atoms with van der Waals surface area (Å²) in [5, 5.41) is 8.63. The Balaban J connectivity index is 1.39. The van der Waals surface area contributed by atoms with Crippen molar-refractivity contribution in [3.05, 3.63) is 78.4 Å². The van der Waals surface area contributed by atoms with Gasteiger partial charge in [-0.05, 0) is 90.7 Å². The first-order valence-electron chi connectivity index (χ1n) is 12.9. The van der Waals surface area contributed by atoms with Crippen molar-refractivity contribution in [2.75, 3.05) is 19.0 Å². The van der Waals surface area contributed by atoms with Crippen molar-refractivity contribution in [3.8, 4) is 17.2 Å². The highest BCUT2D eigenvalue weighted by Crippen LogP contribution is 2.24. The Kier molecular flexibility index (Phi) is 12.2. The third kappa shape index (κ3) is 10.3. The molecule has 0 saturated carbocycles. The second kappa shape index (κ2) is 15.9. The van der Waals surface area contributed by atoms with Crippen LogP contribution in [0.15, 0.2) is 83.0 Å². The average Bonchev–Trinajstić information content (AvgIpc) is 2.93. The van der Waals surface area contributed by atoms with Crippen LogP contribution in [0.25, 0.3) is 0 Å². The standard InChI is InChI=1S/C30H38N2O3S/c1-3-24(2)22-34-29-16-10-26(11-17-29)31-32-27-12-18-30(19-13-27)35-23-25-8-14-28(15-9-25)33-20-6-4-5-7-21-36/h8-19,24,36H,3-7,20-23H2,1-2H3. The molecule has 0 aliphatic rings. The summed E-state index contributed by atoms with van der Waals surface area (Å²) in [6, 6.07) is 23.4. The Morgan fingerprint density at radius 3 is 1.78 bits per heavy atom. The molecule has 3 aromatic rings. The number of azo groups is 1. The van der Waals surface area contributed by atoms with E-state index in [1.54, 1.807) is 0 Å². The lowest BCUT2D eigenvalue weighted by atomic mass is 10.1. The molecule has 36 heavy (non-hydrogen) atoms. The lowest BCUT2D eigenvalue weighted by Gasteiger charge is -2.10. The third-order valence-corrected chi connectivity index (χ3v) is 6.15. The molecule has 0 amide bonds. The van der Waals surface area contributed by atoms with Gasteiger partial charge in [0.1, 0.15) is 23.9 Å². The molecule has 0 aliphatic carbocycles. The van der Waals surface area contributed by atoms with Gasteiger partial charge in [0.25, 0.3) is 0 Å². The lowest BCUT2D eigenvalue weighted by molar-refractivity contribution is 0.256. The first kappa shape index (κ1) is 27.6. The van der Waals surface area contributed by atoms with Crippen LogP contribution < -0.4 is 14.2 Å². The van der Waals surface area contributed by atoms with Crippen LogP contribution in [-0.2, 0) is 6.61 Å². The Hall–Kier alpha value is -2.99. The number of hydrogen-bond donors (Lipinski definition) is 1. The van der Waals surface area contributed by atoms with Crippen molar-refractivity contribution in [1.29, 1.82) is 0 Å². The molecule has 1 atom stereocenters. The number of hydrogen-bond acceptors (Lipinski definition) is 6. The predicted molar refractivity (Wildman–Crippen MR) is 151 cm³/mol. The molecule has 0 aliphatic heterocycles. The largest absolute Gasteiger partial charge is 0.494 e. The van der Waals surface area contributed by atoms with E-state index < -0.39 is 0 Å². The van der Waals surface area contributed by atoms with E-state index in [1.807, 2.05) is 72.8 Å². The molecule has 0 saturated heterocycles. The molecule has 1 unspecified atom stereocenters. The van der Waals surface area contributed by atoms with Gasteiger partial charge in [0.2, 0.25) is 0 Å². The number of nitrogens with zero attached hydrogens (tertiary/aromatic N) is 2. The minimum atomic E-state index is 0.496. The molecule has 5 nitrogen and oxygen atoms in total. The Morgan fingerprint density at radius 2 is 1.19 bits per heavy atom. The van der Waals surface area contributed by atoms with E-state index in [2.05, 4.69) is 36.7 Å². The fraction of sp³-hybridized carbons (Fsp3) is 0.400. The normalized spacial score (nSPS) is 12.0. The minimum absolute atomic E-state index is 0.496. The zero-order valence-corrected chi connectivity index (χ0v) is 22.3. The van der Waals surface area contributed by atoms with Crippen LogP contribution in [0.5, 0.6) is 17.2 Å². The van der Waals surface area contributed by atoms with E-state index in [4.69, 9.17) is 14.2 Å². The van der Waals surface area contributed by atoms with E-state index in [0.29, 0.717) is 12.5 Å². The van der Waals surface area contributed by atoms with Gasteiger partial charge in [-0.1, -0.05) is 45.2 Å². The van der Waals surface area contributed by atoms with Crippen LogP contribution in [0.2, 0.25) is 0 Å². The first-order chi connectivity index (χ1) is 17.7. The van der Waals surface area contributed by atoms with Gasteiger partial charge in [0.05, 0.1) is 24.6 Å². The van der Waals surface area contributed by atoms with Crippen molar-refractivity contribution in [2.24, 2.45) is 16.1 Å². The van der Waals surface area contributed by atoms with Crippen LogP contribution in [0.4, 0.5) is 11.4 Å². The SMILES string of the molecule is CCC(C)COc1ccc(N=Nc2ccc(OCc3ccc(OCCCCCCS)cc3)cc2)cc1. The quantitative estimate of drug-likeness (QED) is 0.120. The summed E-state index contributed by atoms with van der Waals surface area (Å²) in [6.07, 6.45) is 5.77. The van der Waals surface area contributed by atoms with Crippen LogP contribution in [0, 0.1) is 5.92 Å². The maximum atomic E-state index is 5.91. The van der Waals surface area contributed by atoms with Crippen molar-refractivity contribution >= 4 is 24.0 Å². The van der Waals surface area contributed by atoms with E-state index in [9.17, 15) is 0 Å². The zero-order valence-electron chi connectivity index (χ0n) is 21.4. The van der Waals surface area contributed by atoms with Gasteiger partial charge < -0.3 is 14.2 Å². The Morgan fingerprint density at radius 1 is 0.667 bits per heavy atom. The fourth-order valence-corrected chi connectivity index (χ4v) is 3.52. The summed E-state index contributed by atoms with van der Waals surface area (Å²) in [7, 11) is 0. The summed E-state index contributed by atoms with van der Waals surface area (Å²) in [5.41, 5.74) is 2.65. The van der Waals surface area contributed by atoms with Gasteiger partial charge >= 0.3 is 0 Å². The number of rotatable bonds is 16. The molecule has 0 heterocycles. The van der Waals surface area contributed by atoms with Gasteiger partial charge in [-0.2, -0.15) is 22.9 Å². The third-order valence-electron chi connectivity index (χ3n) is 5.84. The molecule has 0 bridgehead atoms. The number of benzene rings is 3. The highest BCUT2D eigenvalue weighted by atomic mass is 32.1. The molecule has 3 rings (SSSR count). The van der Waals surface area contributed by atoms with E-state index in [0.717, 1.165) is 66.0 Å². The van der Waals surface area contributed by atoms with Crippen molar-refractivity contribution < 1.29 is 14.2 Å². The maximum Gasteiger partial charge on any atom is 0.119 e. The van der Waals surface area contributed by atoms with Crippen molar-refractivity contribution in [2.45, 2.75) is 52.6 Å². The van der Waals surface area contributed by atoms with Crippen molar-refractivity contribution in [3.63, 3.8) is 0 Å². The molecular formula is C30H38N2O3S. The summed E-state index contributed by atoms with van der Waals surface area (Å²) in [5.74, 6) is 4.05. The molecule has 0 fully saturated rings. The maximum absolute atomic E-state index is 5.91. The second-order valence-electron chi connectivity index (χ2n) is 8.93. The topological polar surface area (TPSA) is 52.4 Å². The fourth-order valence-electron chi connectivity index (χ4n) is 3.30. The molecule has 3 aromatic carbocycles. The summed E-state index contributed by atoms with van der Waals surface area (Å²) < 4.78 is 17.5. The van der Waals surface area contributed by atoms with Gasteiger partial charge in [-0.15, -0.1) is 0 Å². The number of ether oxygens (including phenoxy) is 3. The van der Waals surface area contributed by atoms with Crippen molar-refractivity contribution in [1.82, 2.24) is 0 Å². The van der Waals surface area contributed by atoms with Crippen LogP contribution in [-0.4, -0.2) is 19.0 Å². The smallest absolute Gasteiger partial charge is 0.119 e. The van der Waals surface area contributed by atoms with E-state index in [1.165, 1.54) is 19.3 Å². The molecule has 0 aromatic heterocycles.